The van der Waals surface area contributed by atoms with Crippen molar-refractivity contribution in [3.05, 3.63) is 76.5 Å². The molecule has 0 fully saturated rings. The van der Waals surface area contributed by atoms with Gasteiger partial charge in [0, 0.05) is 16.3 Å². The first-order chi connectivity index (χ1) is 12.6. The summed E-state index contributed by atoms with van der Waals surface area (Å²) in [6.07, 6.45) is 0. The zero-order valence-corrected chi connectivity index (χ0v) is 15.8. The Bertz CT molecular complexity index is 890. The van der Waals surface area contributed by atoms with Crippen LogP contribution in [0.1, 0.15) is 15.2 Å². The highest BCUT2D eigenvalue weighted by atomic mass is 32.2. The molecule has 4 nitrogen and oxygen atoms in total. The Morgan fingerprint density at radius 1 is 0.962 bits per heavy atom. The molecule has 0 saturated heterocycles. The number of carbonyl (C=O) groups excluding carboxylic acids is 2. The molecule has 0 atom stereocenters. The van der Waals surface area contributed by atoms with Crippen LogP contribution in [0, 0.1) is 6.92 Å². The predicted molar refractivity (Wildman–Crippen MR) is 109 cm³/mol. The normalized spacial score (nSPS) is 10.3. The van der Waals surface area contributed by atoms with Crippen LogP contribution in [-0.2, 0) is 4.79 Å². The second-order valence-corrected chi connectivity index (χ2v) is 7.66. The average Bonchev–Trinajstić information content (AvgIpc) is 3.16. The molecule has 0 unspecified atom stereocenters. The minimum Gasteiger partial charge on any atom is -0.325 e. The van der Waals surface area contributed by atoms with Crippen molar-refractivity contribution in [1.29, 1.82) is 0 Å². The van der Waals surface area contributed by atoms with Crippen LogP contribution in [0.25, 0.3) is 0 Å². The van der Waals surface area contributed by atoms with E-state index in [0.29, 0.717) is 22.0 Å². The molecule has 2 N–H and O–H groups in total. The van der Waals surface area contributed by atoms with Gasteiger partial charge in [0.1, 0.15) is 0 Å². The van der Waals surface area contributed by atoms with E-state index in [1.165, 1.54) is 28.7 Å². The molecule has 3 aromatic rings. The number of hydrogen-bond acceptors (Lipinski definition) is 4. The molecule has 1 heterocycles. The fourth-order valence-electron chi connectivity index (χ4n) is 2.26. The maximum absolute atomic E-state index is 12.2. The molecule has 1 aromatic heterocycles. The summed E-state index contributed by atoms with van der Waals surface area (Å²) in [5.41, 5.74) is 2.50. The summed E-state index contributed by atoms with van der Waals surface area (Å²) in [6, 6.07) is 18.8. The number of thiophene rings is 1. The zero-order chi connectivity index (χ0) is 18.4. The van der Waals surface area contributed by atoms with Gasteiger partial charge in [0.25, 0.3) is 5.91 Å². The Morgan fingerprint density at radius 3 is 2.38 bits per heavy atom. The monoisotopic (exact) mass is 382 g/mol. The highest BCUT2D eigenvalue weighted by Crippen LogP contribution is 2.20. The second-order valence-electron chi connectivity index (χ2n) is 5.66. The number of aryl methyl sites for hydroxylation is 1. The summed E-state index contributed by atoms with van der Waals surface area (Å²) in [5, 5.41) is 7.56. The van der Waals surface area contributed by atoms with Crippen LogP contribution in [0.4, 0.5) is 11.4 Å². The van der Waals surface area contributed by atoms with E-state index in [-0.39, 0.29) is 11.8 Å². The van der Waals surface area contributed by atoms with Crippen LogP contribution in [0.15, 0.2) is 70.9 Å². The van der Waals surface area contributed by atoms with Gasteiger partial charge in [-0.1, -0.05) is 29.8 Å². The Kier molecular flexibility index (Phi) is 6.09. The van der Waals surface area contributed by atoms with Crippen LogP contribution in [-0.4, -0.2) is 17.6 Å². The Hall–Kier alpha value is -2.57. The lowest BCUT2D eigenvalue weighted by Gasteiger charge is -2.08. The van der Waals surface area contributed by atoms with Gasteiger partial charge < -0.3 is 10.6 Å². The molecule has 0 aliphatic heterocycles. The quantitative estimate of drug-likeness (QED) is 0.587. The van der Waals surface area contributed by atoms with Crippen molar-refractivity contribution in [3.63, 3.8) is 0 Å². The number of nitrogens with one attached hydrogen (secondary N) is 2. The molecular formula is C20H18N2O2S2. The van der Waals surface area contributed by atoms with Crippen LogP contribution in [0.5, 0.6) is 0 Å². The van der Waals surface area contributed by atoms with Crippen LogP contribution in [0.3, 0.4) is 0 Å². The molecule has 2 amide bonds. The summed E-state index contributed by atoms with van der Waals surface area (Å²) in [4.78, 5) is 26.0. The van der Waals surface area contributed by atoms with E-state index in [0.717, 1.165) is 4.90 Å². The van der Waals surface area contributed by atoms with Crippen molar-refractivity contribution in [3.8, 4) is 0 Å². The molecule has 0 aliphatic carbocycles. The van der Waals surface area contributed by atoms with E-state index in [1.807, 2.05) is 42.6 Å². The first kappa shape index (κ1) is 18.2. The standard InChI is InChI=1S/C20H18N2O2S2/c1-14-7-9-17(10-8-14)26-13-19(23)21-15-4-2-5-16(12-15)22-20(24)18-6-3-11-25-18/h2-12H,13H2,1H3,(H,21,23)(H,22,24). The van der Waals surface area contributed by atoms with E-state index < -0.39 is 0 Å². The molecule has 132 valence electrons. The van der Waals surface area contributed by atoms with Gasteiger partial charge >= 0.3 is 0 Å². The molecule has 3 rings (SSSR count). The topological polar surface area (TPSA) is 58.2 Å². The molecule has 0 bridgehead atoms. The molecule has 0 spiro atoms. The fourth-order valence-corrected chi connectivity index (χ4v) is 3.57. The minimum absolute atomic E-state index is 0.0858. The number of benzene rings is 2. The predicted octanol–water partition coefficient (Wildman–Crippen LogP) is 5.04. The van der Waals surface area contributed by atoms with Crippen molar-refractivity contribution in [2.45, 2.75) is 11.8 Å². The van der Waals surface area contributed by atoms with E-state index in [1.54, 1.807) is 30.3 Å². The third-order valence-corrected chi connectivity index (χ3v) is 5.42. The molecule has 26 heavy (non-hydrogen) atoms. The molecule has 0 saturated carbocycles. The summed E-state index contributed by atoms with van der Waals surface area (Å²) < 4.78 is 0. The zero-order valence-electron chi connectivity index (χ0n) is 14.2. The van der Waals surface area contributed by atoms with Crippen molar-refractivity contribution in [1.82, 2.24) is 0 Å². The van der Waals surface area contributed by atoms with Gasteiger partial charge in [0.2, 0.25) is 5.91 Å². The highest BCUT2D eigenvalue weighted by Gasteiger charge is 2.08. The summed E-state index contributed by atoms with van der Waals surface area (Å²) in [6.45, 7) is 2.03. The van der Waals surface area contributed by atoms with Crippen molar-refractivity contribution in [2.24, 2.45) is 0 Å². The fraction of sp³-hybridized carbons (Fsp3) is 0.100. The van der Waals surface area contributed by atoms with E-state index in [9.17, 15) is 9.59 Å². The van der Waals surface area contributed by atoms with Gasteiger partial charge in [-0.25, -0.2) is 0 Å². The largest absolute Gasteiger partial charge is 0.325 e. The third-order valence-electron chi connectivity index (χ3n) is 3.54. The van der Waals surface area contributed by atoms with Gasteiger partial charge in [-0.2, -0.15) is 0 Å². The molecule has 0 aliphatic rings. The Morgan fingerprint density at radius 2 is 1.69 bits per heavy atom. The average molecular weight is 383 g/mol. The number of rotatable bonds is 6. The van der Waals surface area contributed by atoms with E-state index >= 15 is 0 Å². The van der Waals surface area contributed by atoms with Gasteiger partial charge in [0.05, 0.1) is 10.6 Å². The van der Waals surface area contributed by atoms with Crippen molar-refractivity contribution < 1.29 is 9.59 Å². The smallest absolute Gasteiger partial charge is 0.265 e. The van der Waals surface area contributed by atoms with Crippen LogP contribution < -0.4 is 10.6 Å². The number of thioether (sulfide) groups is 1. The summed E-state index contributed by atoms with van der Waals surface area (Å²) in [7, 11) is 0. The first-order valence-corrected chi connectivity index (χ1v) is 9.91. The van der Waals surface area contributed by atoms with Gasteiger partial charge in [0.15, 0.2) is 0 Å². The van der Waals surface area contributed by atoms with E-state index in [4.69, 9.17) is 0 Å². The van der Waals surface area contributed by atoms with E-state index in [2.05, 4.69) is 10.6 Å². The second kappa shape index (κ2) is 8.69. The molecule has 2 aromatic carbocycles. The van der Waals surface area contributed by atoms with Gasteiger partial charge in [-0.3, -0.25) is 9.59 Å². The number of hydrogen-bond donors (Lipinski definition) is 2. The maximum Gasteiger partial charge on any atom is 0.265 e. The highest BCUT2D eigenvalue weighted by molar-refractivity contribution is 8.00. The Balaban J connectivity index is 1.55. The van der Waals surface area contributed by atoms with Crippen LogP contribution >= 0.6 is 23.1 Å². The number of anilines is 2. The maximum atomic E-state index is 12.2. The lowest BCUT2D eigenvalue weighted by Crippen LogP contribution is -2.15. The lowest BCUT2D eigenvalue weighted by molar-refractivity contribution is -0.113. The van der Waals surface area contributed by atoms with Gasteiger partial charge in [-0.15, -0.1) is 23.1 Å². The molecule has 0 radical (unpaired) electrons. The Labute approximate surface area is 160 Å². The summed E-state index contributed by atoms with van der Waals surface area (Å²) >= 11 is 2.88. The van der Waals surface area contributed by atoms with Crippen molar-refractivity contribution in [2.75, 3.05) is 16.4 Å². The summed E-state index contributed by atoms with van der Waals surface area (Å²) in [5.74, 6) is 0.0881. The molecular weight excluding hydrogens is 364 g/mol. The first-order valence-electron chi connectivity index (χ1n) is 8.04. The molecule has 6 heteroatoms. The third kappa shape index (κ3) is 5.21. The number of carbonyl (C=O) groups is 2. The van der Waals surface area contributed by atoms with Gasteiger partial charge in [-0.05, 0) is 48.7 Å². The minimum atomic E-state index is -0.154. The number of amides is 2. The van der Waals surface area contributed by atoms with Crippen molar-refractivity contribution >= 4 is 46.3 Å². The lowest BCUT2D eigenvalue weighted by atomic mass is 10.2. The van der Waals surface area contributed by atoms with Crippen LogP contribution in [0.2, 0.25) is 0 Å². The SMILES string of the molecule is Cc1ccc(SCC(=O)Nc2cccc(NC(=O)c3cccs3)c2)cc1.